The molecule has 0 aliphatic heterocycles. The molecule has 1 aliphatic rings. The van der Waals surface area contributed by atoms with Crippen molar-refractivity contribution in [1.82, 2.24) is 14.5 Å². The van der Waals surface area contributed by atoms with Crippen molar-refractivity contribution in [3.8, 4) is 0 Å². The maximum atomic E-state index is 6.04. The highest BCUT2D eigenvalue weighted by molar-refractivity contribution is 9.10. The molecule has 2 aromatic heterocycles. The second-order valence-electron chi connectivity index (χ2n) is 4.73. The van der Waals surface area contributed by atoms with Gasteiger partial charge in [0.1, 0.15) is 5.52 Å². The molecule has 3 rings (SSSR count). The van der Waals surface area contributed by atoms with E-state index in [1.54, 1.807) is 0 Å². The second kappa shape index (κ2) is 4.38. The Morgan fingerprint density at radius 3 is 3.06 bits per heavy atom. The molecule has 0 spiro atoms. The van der Waals surface area contributed by atoms with Crippen LogP contribution in [0, 0.1) is 0 Å². The maximum absolute atomic E-state index is 6.04. The average Bonchev–Trinajstić information content (AvgIpc) is 2.71. The lowest BCUT2D eigenvalue weighted by atomic mass is 9.91. The van der Waals surface area contributed by atoms with Crippen molar-refractivity contribution >= 4 is 27.1 Å². The van der Waals surface area contributed by atoms with Crippen LogP contribution in [0.4, 0.5) is 0 Å². The van der Waals surface area contributed by atoms with Gasteiger partial charge in [-0.05, 0) is 47.7 Å². The zero-order valence-electron chi connectivity index (χ0n) is 9.51. The monoisotopic (exact) mass is 294 g/mol. The summed E-state index contributed by atoms with van der Waals surface area (Å²) in [4.78, 5) is 8.86. The van der Waals surface area contributed by atoms with Crippen LogP contribution in [-0.4, -0.2) is 20.6 Å². The Bertz CT molecular complexity index is 536. The van der Waals surface area contributed by atoms with Crippen LogP contribution in [0.5, 0.6) is 0 Å². The van der Waals surface area contributed by atoms with Crippen molar-refractivity contribution in [2.45, 2.75) is 37.8 Å². The lowest BCUT2D eigenvalue weighted by Crippen LogP contribution is -2.29. The maximum Gasteiger partial charge on any atom is 0.160 e. The summed E-state index contributed by atoms with van der Waals surface area (Å²) >= 11 is 3.42. The molecule has 1 aliphatic carbocycles. The van der Waals surface area contributed by atoms with Crippen molar-refractivity contribution < 1.29 is 0 Å². The van der Waals surface area contributed by atoms with E-state index in [0.29, 0.717) is 12.1 Å². The fourth-order valence-electron chi connectivity index (χ4n) is 2.62. The summed E-state index contributed by atoms with van der Waals surface area (Å²) in [5.41, 5.74) is 7.95. The van der Waals surface area contributed by atoms with Gasteiger partial charge in [-0.25, -0.2) is 9.97 Å². The van der Waals surface area contributed by atoms with Gasteiger partial charge >= 0.3 is 0 Å². The van der Waals surface area contributed by atoms with Gasteiger partial charge in [-0.15, -0.1) is 0 Å². The molecule has 0 aromatic carbocycles. The SMILES string of the molecule is N[C@@H]1CCC[C@H](n2cnc3cc(Br)cnc32)C1. The number of hydrogen-bond acceptors (Lipinski definition) is 3. The first-order valence-corrected chi connectivity index (χ1v) is 6.77. The van der Waals surface area contributed by atoms with Gasteiger partial charge in [-0.1, -0.05) is 0 Å². The number of nitrogens with two attached hydrogens (primary N) is 1. The highest BCUT2D eigenvalue weighted by Crippen LogP contribution is 2.30. The van der Waals surface area contributed by atoms with E-state index in [-0.39, 0.29) is 0 Å². The van der Waals surface area contributed by atoms with Crippen molar-refractivity contribution in [2.75, 3.05) is 0 Å². The van der Waals surface area contributed by atoms with Crippen LogP contribution in [0.1, 0.15) is 31.7 Å². The molecular formula is C12H15BrN4. The summed E-state index contributed by atoms with van der Waals surface area (Å²) in [5.74, 6) is 0. The largest absolute Gasteiger partial charge is 0.328 e. The minimum absolute atomic E-state index is 0.321. The summed E-state index contributed by atoms with van der Waals surface area (Å²) in [5, 5.41) is 0. The Kier molecular flexibility index (Phi) is 2.88. The molecule has 0 amide bonds. The van der Waals surface area contributed by atoms with Gasteiger partial charge in [0.25, 0.3) is 0 Å². The Morgan fingerprint density at radius 2 is 2.24 bits per heavy atom. The molecule has 2 N–H and O–H groups in total. The third-order valence-electron chi connectivity index (χ3n) is 3.46. The number of hydrogen-bond donors (Lipinski definition) is 1. The quantitative estimate of drug-likeness (QED) is 0.880. The molecule has 1 fully saturated rings. The highest BCUT2D eigenvalue weighted by Gasteiger charge is 2.22. The first-order valence-electron chi connectivity index (χ1n) is 5.97. The number of imidazole rings is 1. The molecule has 5 heteroatoms. The number of rotatable bonds is 1. The van der Waals surface area contributed by atoms with Gasteiger partial charge in [0, 0.05) is 22.8 Å². The lowest BCUT2D eigenvalue weighted by molar-refractivity contribution is 0.324. The van der Waals surface area contributed by atoms with Crippen LogP contribution in [0.25, 0.3) is 11.2 Å². The van der Waals surface area contributed by atoms with Gasteiger partial charge in [0.15, 0.2) is 5.65 Å². The van der Waals surface area contributed by atoms with Crippen molar-refractivity contribution in [3.63, 3.8) is 0 Å². The van der Waals surface area contributed by atoms with Gasteiger partial charge < -0.3 is 10.3 Å². The van der Waals surface area contributed by atoms with E-state index >= 15 is 0 Å². The molecule has 2 heterocycles. The van der Waals surface area contributed by atoms with E-state index in [1.807, 2.05) is 18.6 Å². The zero-order valence-corrected chi connectivity index (χ0v) is 11.1. The molecule has 17 heavy (non-hydrogen) atoms. The third kappa shape index (κ3) is 2.09. The molecule has 1 saturated carbocycles. The van der Waals surface area contributed by atoms with Crippen LogP contribution in [0.15, 0.2) is 23.1 Å². The van der Waals surface area contributed by atoms with E-state index in [4.69, 9.17) is 5.73 Å². The van der Waals surface area contributed by atoms with E-state index in [0.717, 1.165) is 28.5 Å². The molecule has 2 aromatic rings. The second-order valence-corrected chi connectivity index (χ2v) is 5.64. The third-order valence-corrected chi connectivity index (χ3v) is 3.89. The average molecular weight is 295 g/mol. The molecule has 0 unspecified atom stereocenters. The van der Waals surface area contributed by atoms with Crippen molar-refractivity contribution in [2.24, 2.45) is 5.73 Å². The number of fused-ring (bicyclic) bond motifs is 1. The highest BCUT2D eigenvalue weighted by atomic mass is 79.9. The normalized spacial score (nSPS) is 25.3. The van der Waals surface area contributed by atoms with Crippen LogP contribution < -0.4 is 5.73 Å². The van der Waals surface area contributed by atoms with Crippen LogP contribution in [0.2, 0.25) is 0 Å². The Balaban J connectivity index is 1.99. The molecule has 2 atom stereocenters. The summed E-state index contributed by atoms with van der Waals surface area (Å²) < 4.78 is 3.15. The topological polar surface area (TPSA) is 56.7 Å². The standard InChI is InChI=1S/C12H15BrN4/c13-8-4-11-12(15-6-8)17(7-16-11)10-3-1-2-9(14)5-10/h4,6-7,9-10H,1-3,5,14H2/t9-,10+/m1/s1. The first kappa shape index (κ1) is 11.2. The van der Waals surface area contributed by atoms with E-state index < -0.39 is 0 Å². The molecule has 4 nitrogen and oxygen atoms in total. The number of nitrogens with zero attached hydrogens (tertiary/aromatic N) is 3. The Morgan fingerprint density at radius 1 is 1.35 bits per heavy atom. The summed E-state index contributed by atoms with van der Waals surface area (Å²) in [6, 6.07) is 2.78. The van der Waals surface area contributed by atoms with Gasteiger partial charge in [0.05, 0.1) is 6.33 Å². The van der Waals surface area contributed by atoms with E-state index in [1.165, 1.54) is 12.8 Å². The predicted octanol–water partition coefficient (Wildman–Crippen LogP) is 2.64. The Labute approximate surface area is 108 Å². The smallest absolute Gasteiger partial charge is 0.160 e. The van der Waals surface area contributed by atoms with Gasteiger partial charge in [-0.3, -0.25) is 0 Å². The van der Waals surface area contributed by atoms with Crippen LogP contribution >= 0.6 is 15.9 Å². The minimum Gasteiger partial charge on any atom is -0.328 e. The van der Waals surface area contributed by atoms with Crippen molar-refractivity contribution in [3.05, 3.63) is 23.1 Å². The lowest BCUT2D eigenvalue weighted by Gasteiger charge is -2.27. The molecular weight excluding hydrogens is 280 g/mol. The summed E-state index contributed by atoms with van der Waals surface area (Å²) in [6.45, 7) is 0. The molecule has 0 saturated heterocycles. The molecule has 0 radical (unpaired) electrons. The number of aromatic nitrogens is 3. The fraction of sp³-hybridized carbons (Fsp3) is 0.500. The van der Waals surface area contributed by atoms with Crippen molar-refractivity contribution in [1.29, 1.82) is 0 Å². The van der Waals surface area contributed by atoms with Crippen LogP contribution in [0.3, 0.4) is 0 Å². The van der Waals surface area contributed by atoms with Gasteiger partial charge in [-0.2, -0.15) is 0 Å². The summed E-state index contributed by atoms with van der Waals surface area (Å²) in [6.07, 6.45) is 8.26. The molecule has 90 valence electrons. The number of halogens is 1. The van der Waals surface area contributed by atoms with E-state index in [9.17, 15) is 0 Å². The Hall–Kier alpha value is -0.940. The number of pyridine rings is 1. The summed E-state index contributed by atoms with van der Waals surface area (Å²) in [7, 11) is 0. The zero-order chi connectivity index (χ0) is 11.8. The van der Waals surface area contributed by atoms with Gasteiger partial charge in [0.2, 0.25) is 0 Å². The predicted molar refractivity (Wildman–Crippen MR) is 70.7 cm³/mol. The molecule has 0 bridgehead atoms. The minimum atomic E-state index is 0.321. The van der Waals surface area contributed by atoms with Crippen LogP contribution in [-0.2, 0) is 0 Å². The van der Waals surface area contributed by atoms with E-state index in [2.05, 4.69) is 30.5 Å². The first-order chi connectivity index (χ1) is 8.24. The fourth-order valence-corrected chi connectivity index (χ4v) is 2.93.